The lowest BCUT2D eigenvalue weighted by Gasteiger charge is -2.07. The summed E-state index contributed by atoms with van der Waals surface area (Å²) in [4.78, 5) is 0. The second kappa shape index (κ2) is 4.30. The SMILES string of the molecule is Nc1cc(F)c(-c2cc(F)ccc2Cl)cc1F. The third kappa shape index (κ3) is 2.22. The fourth-order valence-corrected chi connectivity index (χ4v) is 1.69. The molecule has 17 heavy (non-hydrogen) atoms. The van der Waals surface area contributed by atoms with Crippen LogP contribution in [0, 0.1) is 17.5 Å². The third-order valence-electron chi connectivity index (χ3n) is 2.30. The molecule has 0 saturated heterocycles. The maximum Gasteiger partial charge on any atom is 0.146 e. The smallest absolute Gasteiger partial charge is 0.146 e. The van der Waals surface area contributed by atoms with E-state index in [-0.39, 0.29) is 21.8 Å². The van der Waals surface area contributed by atoms with Gasteiger partial charge in [-0.05, 0) is 24.3 Å². The molecule has 0 fully saturated rings. The first kappa shape index (κ1) is 11.8. The second-order valence-electron chi connectivity index (χ2n) is 3.48. The number of anilines is 1. The van der Waals surface area contributed by atoms with Crippen molar-refractivity contribution < 1.29 is 13.2 Å². The standard InChI is InChI=1S/C12H7ClF3N/c13-9-2-1-6(14)3-7(9)8-4-11(16)12(17)5-10(8)15/h1-5H,17H2. The summed E-state index contributed by atoms with van der Waals surface area (Å²) >= 11 is 5.81. The lowest BCUT2D eigenvalue weighted by molar-refractivity contribution is 0.606. The van der Waals surface area contributed by atoms with Gasteiger partial charge in [0.25, 0.3) is 0 Å². The zero-order valence-electron chi connectivity index (χ0n) is 8.48. The van der Waals surface area contributed by atoms with Crippen molar-refractivity contribution >= 4 is 17.3 Å². The molecule has 2 rings (SSSR count). The van der Waals surface area contributed by atoms with Gasteiger partial charge in [-0.15, -0.1) is 0 Å². The molecule has 0 aliphatic rings. The molecule has 2 aromatic rings. The molecular weight excluding hydrogens is 251 g/mol. The molecule has 0 bridgehead atoms. The Kier molecular flexibility index (Phi) is 2.98. The Balaban J connectivity index is 2.68. The summed E-state index contributed by atoms with van der Waals surface area (Å²) in [7, 11) is 0. The first-order chi connectivity index (χ1) is 7.99. The fourth-order valence-electron chi connectivity index (χ4n) is 1.47. The zero-order valence-corrected chi connectivity index (χ0v) is 9.23. The molecule has 0 spiro atoms. The van der Waals surface area contributed by atoms with E-state index in [9.17, 15) is 13.2 Å². The van der Waals surface area contributed by atoms with Crippen molar-refractivity contribution in [1.82, 2.24) is 0 Å². The highest BCUT2D eigenvalue weighted by atomic mass is 35.5. The molecule has 0 heterocycles. The summed E-state index contributed by atoms with van der Waals surface area (Å²) in [6.07, 6.45) is 0. The number of halogens is 4. The van der Waals surface area contributed by atoms with Gasteiger partial charge in [-0.2, -0.15) is 0 Å². The minimum absolute atomic E-state index is 0.0862. The number of nitrogens with two attached hydrogens (primary N) is 1. The summed E-state index contributed by atoms with van der Waals surface area (Å²) in [6, 6.07) is 5.19. The van der Waals surface area contributed by atoms with Crippen LogP contribution in [0.15, 0.2) is 30.3 Å². The van der Waals surface area contributed by atoms with Gasteiger partial charge in [0, 0.05) is 22.2 Å². The predicted molar refractivity (Wildman–Crippen MR) is 61.2 cm³/mol. The van der Waals surface area contributed by atoms with Crippen molar-refractivity contribution in [2.75, 3.05) is 5.73 Å². The van der Waals surface area contributed by atoms with Crippen LogP contribution in [0.1, 0.15) is 0 Å². The highest BCUT2D eigenvalue weighted by Gasteiger charge is 2.13. The molecule has 0 aliphatic heterocycles. The monoisotopic (exact) mass is 257 g/mol. The van der Waals surface area contributed by atoms with Crippen molar-refractivity contribution in [3.63, 3.8) is 0 Å². The largest absolute Gasteiger partial charge is 0.396 e. The van der Waals surface area contributed by atoms with Crippen LogP contribution in [-0.2, 0) is 0 Å². The van der Waals surface area contributed by atoms with Crippen molar-refractivity contribution in [1.29, 1.82) is 0 Å². The molecule has 0 radical (unpaired) electrons. The molecule has 0 aliphatic carbocycles. The highest BCUT2D eigenvalue weighted by molar-refractivity contribution is 6.33. The van der Waals surface area contributed by atoms with E-state index in [2.05, 4.69) is 0 Å². The van der Waals surface area contributed by atoms with E-state index >= 15 is 0 Å². The summed E-state index contributed by atoms with van der Waals surface area (Å²) in [5.41, 5.74) is 4.87. The maximum absolute atomic E-state index is 13.6. The van der Waals surface area contributed by atoms with Crippen LogP contribution in [0.5, 0.6) is 0 Å². The van der Waals surface area contributed by atoms with Gasteiger partial charge in [0.15, 0.2) is 0 Å². The summed E-state index contributed by atoms with van der Waals surface area (Å²) in [5.74, 6) is -2.11. The number of benzene rings is 2. The topological polar surface area (TPSA) is 26.0 Å². The number of nitrogen functional groups attached to an aromatic ring is 1. The summed E-state index contributed by atoms with van der Waals surface area (Å²) in [5, 5.41) is 0.134. The molecule has 0 atom stereocenters. The lowest BCUT2D eigenvalue weighted by Crippen LogP contribution is -1.95. The minimum atomic E-state index is -0.776. The Bertz CT molecular complexity index is 584. The van der Waals surface area contributed by atoms with E-state index < -0.39 is 17.5 Å². The Morgan fingerprint density at radius 1 is 0.882 bits per heavy atom. The minimum Gasteiger partial charge on any atom is -0.396 e. The van der Waals surface area contributed by atoms with Gasteiger partial charge >= 0.3 is 0 Å². The molecule has 0 unspecified atom stereocenters. The molecule has 2 N–H and O–H groups in total. The molecular formula is C12H7ClF3N. The molecule has 88 valence electrons. The van der Waals surface area contributed by atoms with Crippen LogP contribution < -0.4 is 5.73 Å². The third-order valence-corrected chi connectivity index (χ3v) is 2.63. The van der Waals surface area contributed by atoms with E-state index in [4.69, 9.17) is 17.3 Å². The predicted octanol–water partition coefficient (Wildman–Crippen LogP) is 4.01. The Labute approximate surface area is 101 Å². The van der Waals surface area contributed by atoms with Gasteiger partial charge in [0.05, 0.1) is 5.69 Å². The molecule has 2 aromatic carbocycles. The van der Waals surface area contributed by atoms with Gasteiger partial charge < -0.3 is 5.73 Å². The van der Waals surface area contributed by atoms with E-state index in [1.165, 1.54) is 6.07 Å². The van der Waals surface area contributed by atoms with Gasteiger partial charge in [0.1, 0.15) is 17.5 Å². The Hall–Kier alpha value is -1.68. The number of rotatable bonds is 1. The van der Waals surface area contributed by atoms with E-state index in [0.717, 1.165) is 24.3 Å². The lowest BCUT2D eigenvalue weighted by atomic mass is 10.0. The molecule has 0 amide bonds. The van der Waals surface area contributed by atoms with Gasteiger partial charge in [-0.1, -0.05) is 11.6 Å². The van der Waals surface area contributed by atoms with Gasteiger partial charge in [-0.25, -0.2) is 13.2 Å². The molecule has 1 nitrogen and oxygen atoms in total. The first-order valence-corrected chi connectivity index (χ1v) is 5.07. The molecule has 0 aromatic heterocycles. The highest BCUT2D eigenvalue weighted by Crippen LogP contribution is 2.32. The number of hydrogen-bond donors (Lipinski definition) is 1. The van der Waals surface area contributed by atoms with Gasteiger partial charge in [0.2, 0.25) is 0 Å². The van der Waals surface area contributed by atoms with Crippen LogP contribution in [0.4, 0.5) is 18.9 Å². The van der Waals surface area contributed by atoms with Crippen molar-refractivity contribution in [3.8, 4) is 11.1 Å². The summed E-state index contributed by atoms with van der Waals surface area (Å²) < 4.78 is 39.9. The Morgan fingerprint density at radius 2 is 1.59 bits per heavy atom. The van der Waals surface area contributed by atoms with Crippen LogP contribution in [0.25, 0.3) is 11.1 Å². The average molecular weight is 258 g/mol. The van der Waals surface area contributed by atoms with E-state index in [0.29, 0.717) is 0 Å². The average Bonchev–Trinajstić information content (AvgIpc) is 2.27. The van der Waals surface area contributed by atoms with Crippen molar-refractivity contribution in [2.45, 2.75) is 0 Å². The quantitative estimate of drug-likeness (QED) is 0.768. The Morgan fingerprint density at radius 3 is 2.29 bits per heavy atom. The normalized spacial score (nSPS) is 10.6. The van der Waals surface area contributed by atoms with Crippen LogP contribution in [0.3, 0.4) is 0 Å². The summed E-state index contributed by atoms with van der Waals surface area (Å²) in [6.45, 7) is 0. The number of hydrogen-bond acceptors (Lipinski definition) is 1. The van der Waals surface area contributed by atoms with Crippen LogP contribution >= 0.6 is 11.6 Å². The zero-order chi connectivity index (χ0) is 12.6. The second-order valence-corrected chi connectivity index (χ2v) is 3.88. The van der Waals surface area contributed by atoms with Crippen molar-refractivity contribution in [2.24, 2.45) is 0 Å². The van der Waals surface area contributed by atoms with E-state index in [1.807, 2.05) is 0 Å². The first-order valence-electron chi connectivity index (χ1n) is 4.69. The maximum atomic E-state index is 13.6. The molecule has 5 heteroatoms. The van der Waals surface area contributed by atoms with Gasteiger partial charge in [-0.3, -0.25) is 0 Å². The molecule has 0 saturated carbocycles. The van der Waals surface area contributed by atoms with Crippen molar-refractivity contribution in [3.05, 3.63) is 52.8 Å². The van der Waals surface area contributed by atoms with Crippen LogP contribution in [-0.4, -0.2) is 0 Å². The van der Waals surface area contributed by atoms with E-state index in [1.54, 1.807) is 0 Å². The van der Waals surface area contributed by atoms with Crippen LogP contribution in [0.2, 0.25) is 5.02 Å². The fraction of sp³-hybridized carbons (Fsp3) is 0.